The lowest BCUT2D eigenvalue weighted by Gasteiger charge is -2.31. The van der Waals surface area contributed by atoms with Gasteiger partial charge in [-0.2, -0.15) is 13.2 Å². The number of nitrogens with one attached hydrogen (secondary N) is 2. The van der Waals surface area contributed by atoms with Crippen molar-refractivity contribution in [2.75, 3.05) is 12.4 Å². The van der Waals surface area contributed by atoms with Crippen LogP contribution in [0.5, 0.6) is 0 Å². The average Bonchev–Trinajstić information content (AvgIpc) is 3.36. The fourth-order valence-corrected chi connectivity index (χ4v) is 3.84. The monoisotopic (exact) mass is 565 g/mol. The molecule has 0 spiro atoms. The minimum absolute atomic E-state index is 0.0278. The molecule has 0 radical (unpaired) electrons. The number of pyridine rings is 1. The van der Waals surface area contributed by atoms with E-state index in [2.05, 4.69) is 27.2 Å². The van der Waals surface area contributed by atoms with Crippen LogP contribution in [-0.2, 0) is 6.18 Å². The standard InChI is InChI=1S/C22H26F5N5.C3H6F2.C2H6/c1-13(21(23)24)17(11-28-3)14(2)29-15-7-9-16(10-8-15)30-19-5-4-6-20-31-18(12-32(19)20)22(25,26)27;1-2-3(4)5;1-2/h4-6,11-12,15-16,21,29-30H,2,7-10H2,1,3H3;3H,2H2,1H3;1-2H3/b17-13-,28-11?;;. The molecule has 3 rings (SSSR count). The van der Waals surface area contributed by atoms with Gasteiger partial charge in [-0.3, -0.25) is 9.39 Å². The quantitative estimate of drug-likeness (QED) is 0.193. The van der Waals surface area contributed by atoms with Crippen LogP contribution in [0.3, 0.4) is 0 Å². The Morgan fingerprint density at radius 3 is 2.18 bits per heavy atom. The zero-order valence-electron chi connectivity index (χ0n) is 22.9. The third-order valence-corrected chi connectivity index (χ3v) is 5.88. The molecule has 0 unspecified atom stereocenters. The Labute approximate surface area is 225 Å². The third-order valence-electron chi connectivity index (χ3n) is 5.88. The SMILES string of the molecule is C=C(NC1CCC(Nc2cccc3nc(C(F)(F)F)cn23)CC1)/C(C=NC)=C(/C)C(F)F.CC.CCC(F)F. The van der Waals surface area contributed by atoms with Crippen LogP contribution >= 0.6 is 0 Å². The van der Waals surface area contributed by atoms with Gasteiger partial charge in [-0.25, -0.2) is 22.5 Å². The second kappa shape index (κ2) is 16.1. The second-order valence-corrected chi connectivity index (χ2v) is 8.66. The fourth-order valence-electron chi connectivity index (χ4n) is 3.84. The Morgan fingerprint density at radius 2 is 1.69 bits per heavy atom. The Balaban J connectivity index is 0.000000975. The van der Waals surface area contributed by atoms with Crippen molar-refractivity contribution in [2.45, 2.75) is 90.9 Å². The zero-order valence-corrected chi connectivity index (χ0v) is 22.9. The van der Waals surface area contributed by atoms with Gasteiger partial charge < -0.3 is 10.6 Å². The van der Waals surface area contributed by atoms with Gasteiger partial charge in [-0.1, -0.05) is 33.4 Å². The number of imidazole rings is 1. The summed E-state index contributed by atoms with van der Waals surface area (Å²) in [6.07, 6.45) is -3.83. The van der Waals surface area contributed by atoms with Crippen molar-refractivity contribution in [3.63, 3.8) is 0 Å². The number of hydrogen-bond acceptors (Lipinski definition) is 4. The molecule has 39 heavy (non-hydrogen) atoms. The number of aromatic nitrogens is 2. The van der Waals surface area contributed by atoms with Gasteiger partial charge in [0.1, 0.15) is 11.5 Å². The first-order valence-corrected chi connectivity index (χ1v) is 12.8. The van der Waals surface area contributed by atoms with Gasteiger partial charge in [0, 0.05) is 54.8 Å². The summed E-state index contributed by atoms with van der Waals surface area (Å²) in [5.74, 6) is 0.545. The smallest absolute Gasteiger partial charge is 0.382 e. The molecule has 0 saturated heterocycles. The zero-order chi connectivity index (χ0) is 29.8. The summed E-state index contributed by atoms with van der Waals surface area (Å²) in [5.41, 5.74) is -0.0881. The molecule has 2 aromatic rings. The maximum Gasteiger partial charge on any atom is 0.434 e. The van der Waals surface area contributed by atoms with Crippen molar-refractivity contribution in [3.05, 3.63) is 53.5 Å². The summed E-state index contributed by atoms with van der Waals surface area (Å²) in [6, 6.07) is 5.04. The predicted octanol–water partition coefficient (Wildman–Crippen LogP) is 8.15. The number of nitrogens with zero attached hydrogens (tertiary/aromatic N) is 3. The predicted molar refractivity (Wildman–Crippen MR) is 143 cm³/mol. The van der Waals surface area contributed by atoms with E-state index >= 15 is 0 Å². The van der Waals surface area contributed by atoms with Gasteiger partial charge in [0.2, 0.25) is 6.43 Å². The number of allylic oxidation sites excluding steroid dienone is 2. The Hall–Kier alpha value is -3.05. The van der Waals surface area contributed by atoms with Gasteiger partial charge in [-0.15, -0.1) is 0 Å². The maximum atomic E-state index is 13.1. The van der Waals surface area contributed by atoms with Crippen LogP contribution in [0.1, 0.15) is 65.5 Å². The van der Waals surface area contributed by atoms with Crippen LogP contribution in [0.25, 0.3) is 5.65 Å². The fraction of sp³-hybridized carbons (Fsp3) is 0.556. The van der Waals surface area contributed by atoms with Crippen molar-refractivity contribution in [3.8, 4) is 0 Å². The molecule has 1 fully saturated rings. The molecule has 2 N–H and O–H groups in total. The number of anilines is 1. The van der Waals surface area contributed by atoms with E-state index in [1.807, 2.05) is 13.8 Å². The van der Waals surface area contributed by atoms with E-state index in [1.54, 1.807) is 12.1 Å². The number of hydrogen-bond donors (Lipinski definition) is 2. The van der Waals surface area contributed by atoms with E-state index in [0.717, 1.165) is 31.9 Å². The largest absolute Gasteiger partial charge is 0.434 e. The molecule has 12 heteroatoms. The van der Waals surface area contributed by atoms with Crippen LogP contribution in [-0.4, -0.2) is 47.6 Å². The highest BCUT2D eigenvalue weighted by Crippen LogP contribution is 2.30. The summed E-state index contributed by atoms with van der Waals surface area (Å²) in [6.45, 7) is 10.7. The highest BCUT2D eigenvalue weighted by atomic mass is 19.4. The van der Waals surface area contributed by atoms with Gasteiger partial charge in [-0.05, 0) is 44.7 Å². The first-order chi connectivity index (χ1) is 18.4. The minimum Gasteiger partial charge on any atom is -0.382 e. The molecule has 1 aliphatic carbocycles. The average molecular weight is 566 g/mol. The molecule has 1 saturated carbocycles. The number of fused-ring (bicyclic) bond motifs is 1. The maximum absolute atomic E-state index is 13.1. The van der Waals surface area contributed by atoms with E-state index in [-0.39, 0.29) is 29.7 Å². The molecule has 2 aromatic heterocycles. The number of rotatable bonds is 8. The topological polar surface area (TPSA) is 53.7 Å². The summed E-state index contributed by atoms with van der Waals surface area (Å²) in [4.78, 5) is 7.50. The van der Waals surface area contributed by atoms with Crippen LogP contribution in [0.2, 0.25) is 0 Å². The molecule has 1 aliphatic rings. The molecular formula is C27H38F7N5. The van der Waals surface area contributed by atoms with Crippen LogP contribution < -0.4 is 10.6 Å². The molecule has 2 heterocycles. The van der Waals surface area contributed by atoms with Gasteiger partial charge in [0.05, 0.1) is 0 Å². The van der Waals surface area contributed by atoms with Crippen LogP contribution in [0, 0.1) is 0 Å². The summed E-state index contributed by atoms with van der Waals surface area (Å²) >= 11 is 0. The lowest BCUT2D eigenvalue weighted by molar-refractivity contribution is -0.140. The van der Waals surface area contributed by atoms with Crippen molar-refractivity contribution < 1.29 is 30.7 Å². The molecule has 5 nitrogen and oxygen atoms in total. The Morgan fingerprint density at radius 1 is 1.13 bits per heavy atom. The highest BCUT2D eigenvalue weighted by molar-refractivity contribution is 5.85. The first-order valence-electron chi connectivity index (χ1n) is 12.8. The summed E-state index contributed by atoms with van der Waals surface area (Å²) in [5, 5.41) is 6.54. The van der Waals surface area contributed by atoms with Crippen LogP contribution in [0.15, 0.2) is 52.8 Å². The minimum atomic E-state index is -4.51. The Kier molecular flexibility index (Phi) is 14.1. The molecular weight excluding hydrogens is 527 g/mol. The molecule has 0 bridgehead atoms. The highest BCUT2D eigenvalue weighted by Gasteiger charge is 2.34. The first kappa shape index (κ1) is 34.0. The van der Waals surface area contributed by atoms with Gasteiger partial charge >= 0.3 is 6.18 Å². The van der Waals surface area contributed by atoms with E-state index < -0.39 is 24.7 Å². The molecule has 0 aliphatic heterocycles. The van der Waals surface area contributed by atoms with E-state index in [4.69, 9.17) is 0 Å². The Bertz CT molecular complexity index is 1080. The number of aliphatic imine (C=N–C) groups is 1. The summed E-state index contributed by atoms with van der Waals surface area (Å²) in [7, 11) is 1.52. The molecule has 0 aromatic carbocycles. The van der Waals surface area contributed by atoms with Crippen LogP contribution in [0.4, 0.5) is 36.6 Å². The molecule has 220 valence electrons. The number of alkyl halides is 7. The van der Waals surface area contributed by atoms with Crippen molar-refractivity contribution >= 4 is 17.7 Å². The number of halogens is 7. The molecule has 0 amide bonds. The summed E-state index contributed by atoms with van der Waals surface area (Å²) < 4.78 is 88.2. The van der Waals surface area contributed by atoms with Crippen molar-refractivity contribution in [1.29, 1.82) is 0 Å². The lowest BCUT2D eigenvalue weighted by Crippen LogP contribution is -2.37. The molecule has 0 atom stereocenters. The van der Waals surface area contributed by atoms with Gasteiger partial charge in [0.25, 0.3) is 6.43 Å². The lowest BCUT2D eigenvalue weighted by atomic mass is 9.90. The van der Waals surface area contributed by atoms with Gasteiger partial charge in [0.15, 0.2) is 5.69 Å². The van der Waals surface area contributed by atoms with E-state index in [0.29, 0.717) is 17.1 Å². The normalized spacial score (nSPS) is 18.3. The van der Waals surface area contributed by atoms with Crippen molar-refractivity contribution in [2.24, 2.45) is 4.99 Å². The van der Waals surface area contributed by atoms with E-state index in [1.165, 1.54) is 37.6 Å². The van der Waals surface area contributed by atoms with E-state index in [9.17, 15) is 30.7 Å². The third kappa shape index (κ3) is 10.6. The second-order valence-electron chi connectivity index (χ2n) is 8.66. The van der Waals surface area contributed by atoms with Crippen molar-refractivity contribution in [1.82, 2.24) is 14.7 Å².